The number of methoxy groups -OCH3 is 1. The molecule has 0 saturated heterocycles. The van der Waals surface area contributed by atoms with E-state index in [-0.39, 0.29) is 27.7 Å². The van der Waals surface area contributed by atoms with Crippen LogP contribution in [-0.4, -0.2) is 47.2 Å². The molecule has 0 aromatic heterocycles. The molecule has 0 aromatic rings. The maximum absolute atomic E-state index is 13.2. The molecule has 2 aliphatic heterocycles. The third kappa shape index (κ3) is 3.39. The fourth-order valence-electron chi connectivity index (χ4n) is 4.01. The molecular weight excluding hydrogens is 436 g/mol. The van der Waals surface area contributed by atoms with Crippen molar-refractivity contribution in [1.29, 1.82) is 0 Å². The van der Waals surface area contributed by atoms with E-state index in [1.54, 1.807) is 13.0 Å². The number of carbonyl (C=O) groups is 3. The number of hydrogen-bond acceptors (Lipinski definition) is 7. The van der Waals surface area contributed by atoms with E-state index in [0.29, 0.717) is 5.76 Å². The summed E-state index contributed by atoms with van der Waals surface area (Å²) < 4.78 is 16.7. The van der Waals surface area contributed by atoms with Gasteiger partial charge >= 0.3 is 5.97 Å². The molecule has 0 spiro atoms. The number of rotatable bonds is 6. The van der Waals surface area contributed by atoms with Crippen LogP contribution in [-0.2, 0) is 28.6 Å². The van der Waals surface area contributed by atoms with Gasteiger partial charge in [-0.15, -0.1) is 0 Å². The number of ether oxygens (including phenoxy) is 3. The molecule has 3 rings (SSSR count). The fourth-order valence-corrected chi connectivity index (χ4v) is 4.39. The summed E-state index contributed by atoms with van der Waals surface area (Å²) in [5.41, 5.74) is -4.57. The van der Waals surface area contributed by atoms with Crippen molar-refractivity contribution in [3.05, 3.63) is 57.4 Å². The highest BCUT2D eigenvalue weighted by atomic mass is 35.5. The molecule has 0 radical (unpaired) electrons. The largest absolute Gasteiger partial charge is 0.461 e. The summed E-state index contributed by atoms with van der Waals surface area (Å²) in [4.78, 5) is 39.1. The maximum atomic E-state index is 13.2. The van der Waals surface area contributed by atoms with Gasteiger partial charge in [-0.1, -0.05) is 44.0 Å². The van der Waals surface area contributed by atoms with Gasteiger partial charge in [0.05, 0.1) is 5.03 Å². The molecule has 7 nitrogen and oxygen atoms in total. The van der Waals surface area contributed by atoms with Crippen LogP contribution in [0, 0.1) is 5.92 Å². The molecule has 0 fully saturated rings. The van der Waals surface area contributed by atoms with Crippen molar-refractivity contribution in [2.75, 3.05) is 7.11 Å². The van der Waals surface area contributed by atoms with Gasteiger partial charge in [-0.3, -0.25) is 9.59 Å². The lowest BCUT2D eigenvalue weighted by Gasteiger charge is -2.46. The van der Waals surface area contributed by atoms with Gasteiger partial charge in [0.25, 0.3) is 0 Å². The van der Waals surface area contributed by atoms with Crippen LogP contribution in [0.5, 0.6) is 0 Å². The van der Waals surface area contributed by atoms with Crippen molar-refractivity contribution in [2.24, 2.45) is 5.92 Å². The number of allylic oxidation sites excluding steroid dienone is 4. The first kappa shape index (κ1) is 24.2. The van der Waals surface area contributed by atoms with E-state index in [9.17, 15) is 19.5 Å². The molecule has 2 heterocycles. The van der Waals surface area contributed by atoms with Gasteiger partial charge < -0.3 is 19.3 Å². The van der Waals surface area contributed by atoms with Gasteiger partial charge in [-0.05, 0) is 44.4 Å². The summed E-state index contributed by atoms with van der Waals surface area (Å²) >= 11 is 6.41. The van der Waals surface area contributed by atoms with Gasteiger partial charge in [-0.25, -0.2) is 4.79 Å². The monoisotopic (exact) mass is 462 g/mol. The van der Waals surface area contributed by atoms with E-state index in [2.05, 4.69) is 0 Å². The Labute approximate surface area is 192 Å². The van der Waals surface area contributed by atoms with E-state index >= 15 is 0 Å². The number of aliphatic hydroxyl groups is 1. The number of halogens is 1. The maximum Gasteiger partial charge on any atom is 0.343 e. The lowest BCUT2D eigenvalue weighted by atomic mass is 9.67. The third-order valence-corrected chi connectivity index (χ3v) is 6.60. The summed E-state index contributed by atoms with van der Waals surface area (Å²) in [6.45, 7) is 8.54. The molecule has 0 unspecified atom stereocenters. The predicted molar refractivity (Wildman–Crippen MR) is 117 cm³/mol. The number of Topliss-reactive ketones (excluding diaryl/α,β-unsaturated/α-hetero) is 2. The van der Waals surface area contributed by atoms with Gasteiger partial charge in [0.1, 0.15) is 11.3 Å². The van der Waals surface area contributed by atoms with Crippen molar-refractivity contribution in [1.82, 2.24) is 0 Å². The molecule has 1 aliphatic carbocycles. The minimum Gasteiger partial charge on any atom is -0.461 e. The van der Waals surface area contributed by atoms with Crippen LogP contribution in [0.4, 0.5) is 0 Å². The van der Waals surface area contributed by atoms with E-state index in [1.165, 1.54) is 33.1 Å². The predicted octanol–water partition coefficient (Wildman–Crippen LogP) is 3.43. The molecule has 0 amide bonds. The van der Waals surface area contributed by atoms with Crippen molar-refractivity contribution >= 4 is 29.1 Å². The van der Waals surface area contributed by atoms with Crippen LogP contribution in [0.25, 0.3) is 0 Å². The zero-order valence-corrected chi connectivity index (χ0v) is 19.7. The Bertz CT molecular complexity index is 1040. The van der Waals surface area contributed by atoms with Crippen LogP contribution >= 0.6 is 11.6 Å². The molecule has 1 N–H and O–H groups in total. The Morgan fingerprint density at radius 1 is 1.41 bits per heavy atom. The molecule has 32 heavy (non-hydrogen) atoms. The third-order valence-electron chi connectivity index (χ3n) is 6.22. The smallest absolute Gasteiger partial charge is 0.343 e. The number of fused-ring (bicyclic) bond motifs is 3. The number of esters is 1. The van der Waals surface area contributed by atoms with Crippen molar-refractivity contribution < 1.29 is 33.7 Å². The average Bonchev–Trinajstić information content (AvgIpc) is 3.06. The molecule has 3 aliphatic rings. The number of hydrogen-bond donors (Lipinski definition) is 1. The standard InChI is InChI=1S/C24H27ClO7/c1-7-12(3)9-10-14-11-15-17(25)20(27)23(5)19(24(15,29)22(30-6)31-14)16(21(28)32-23)18(26)13(4)8-2/h8-12,22,29H,7H2,1-6H3/t12-,22-,23-,24+/m0/s1. The summed E-state index contributed by atoms with van der Waals surface area (Å²) in [7, 11) is 1.31. The summed E-state index contributed by atoms with van der Waals surface area (Å²) in [6.07, 6.45) is 6.09. The molecule has 0 saturated carbocycles. The topological polar surface area (TPSA) is 99.1 Å². The van der Waals surface area contributed by atoms with E-state index in [4.69, 9.17) is 25.8 Å². The van der Waals surface area contributed by atoms with Gasteiger partial charge in [-0.2, -0.15) is 0 Å². The second-order valence-electron chi connectivity index (χ2n) is 8.27. The van der Waals surface area contributed by atoms with Crippen molar-refractivity contribution in [3.63, 3.8) is 0 Å². The van der Waals surface area contributed by atoms with Gasteiger partial charge in [0, 0.05) is 18.3 Å². The van der Waals surface area contributed by atoms with Crippen LogP contribution in [0.2, 0.25) is 0 Å². The Hall–Kier alpha value is -2.48. The first-order valence-corrected chi connectivity index (χ1v) is 10.8. The minimum atomic E-state index is -2.20. The first-order valence-electron chi connectivity index (χ1n) is 10.4. The van der Waals surface area contributed by atoms with E-state index in [1.807, 2.05) is 19.9 Å². The van der Waals surface area contributed by atoms with Crippen molar-refractivity contribution in [3.8, 4) is 0 Å². The van der Waals surface area contributed by atoms with Crippen LogP contribution in [0.15, 0.2) is 57.4 Å². The van der Waals surface area contributed by atoms with Gasteiger partial charge in [0.2, 0.25) is 12.1 Å². The highest BCUT2D eigenvalue weighted by Gasteiger charge is 2.67. The Kier molecular flexibility index (Phi) is 6.39. The van der Waals surface area contributed by atoms with Crippen LogP contribution < -0.4 is 0 Å². The zero-order chi connectivity index (χ0) is 24.0. The Morgan fingerprint density at radius 2 is 2.06 bits per heavy atom. The lowest BCUT2D eigenvalue weighted by molar-refractivity contribution is -0.193. The quantitative estimate of drug-likeness (QED) is 0.366. The highest BCUT2D eigenvalue weighted by molar-refractivity contribution is 6.46. The second-order valence-corrected chi connectivity index (χ2v) is 8.65. The minimum absolute atomic E-state index is 0.0136. The summed E-state index contributed by atoms with van der Waals surface area (Å²) in [6, 6.07) is 0. The number of carbonyl (C=O) groups excluding carboxylic acids is 3. The molecular formula is C24H27ClO7. The SMILES string of the molecule is CC=C(C)C(=O)C1=C2[C@](C)(OC1=O)C(=O)C(Cl)=C1C=C(C=C[C@@H](C)CC)O[C@H](OC)[C@@]12O. The summed E-state index contributed by atoms with van der Waals surface area (Å²) in [5.74, 6) is -1.83. The second kappa shape index (κ2) is 8.46. The molecule has 0 bridgehead atoms. The average molecular weight is 463 g/mol. The zero-order valence-electron chi connectivity index (χ0n) is 18.9. The van der Waals surface area contributed by atoms with E-state index in [0.717, 1.165) is 6.42 Å². The Balaban J connectivity index is 2.33. The molecule has 4 atom stereocenters. The highest BCUT2D eigenvalue weighted by Crippen LogP contribution is 2.54. The van der Waals surface area contributed by atoms with Gasteiger partial charge in [0.15, 0.2) is 17.0 Å². The van der Waals surface area contributed by atoms with Crippen LogP contribution in [0.3, 0.4) is 0 Å². The van der Waals surface area contributed by atoms with Crippen molar-refractivity contribution in [2.45, 2.75) is 58.5 Å². The van der Waals surface area contributed by atoms with E-state index < -0.39 is 40.6 Å². The molecule has 0 aromatic carbocycles. The molecule has 8 heteroatoms. The van der Waals surface area contributed by atoms with Crippen LogP contribution in [0.1, 0.15) is 41.0 Å². The fraction of sp³-hybridized carbons (Fsp3) is 0.458. The first-order chi connectivity index (χ1) is 15.0. The lowest BCUT2D eigenvalue weighted by Crippen LogP contribution is -2.60. The Morgan fingerprint density at radius 3 is 2.62 bits per heavy atom. The summed E-state index contributed by atoms with van der Waals surface area (Å²) in [5, 5.41) is 11.6. The number of ketones is 2. The molecule has 172 valence electrons. The normalized spacial score (nSPS) is 31.3.